The van der Waals surface area contributed by atoms with Gasteiger partial charge in [-0.2, -0.15) is 8.42 Å². The fourth-order valence-corrected chi connectivity index (χ4v) is 5.72. The molecule has 3 atom stereocenters. The van der Waals surface area contributed by atoms with E-state index >= 15 is 0 Å². The number of pyridine rings is 1. The molecule has 14 heteroatoms. The highest BCUT2D eigenvalue weighted by Gasteiger charge is 2.48. The zero-order valence-electron chi connectivity index (χ0n) is 20.2. The Labute approximate surface area is 225 Å². The molecule has 3 unspecified atom stereocenters. The second-order valence-corrected chi connectivity index (χ2v) is 11.0. The molecular formula is C23H27ClN4O7S2. The molecule has 1 aromatic heterocycles. The van der Waals surface area contributed by atoms with Gasteiger partial charge in [0.25, 0.3) is 16.0 Å². The fourth-order valence-electron chi connectivity index (χ4n) is 4.48. The summed E-state index contributed by atoms with van der Waals surface area (Å²) in [6.45, 7) is 3.72. The summed E-state index contributed by atoms with van der Waals surface area (Å²) in [4.78, 5) is 22.9. The van der Waals surface area contributed by atoms with Crippen LogP contribution in [0.1, 0.15) is 26.7 Å². The summed E-state index contributed by atoms with van der Waals surface area (Å²) in [5.41, 5.74) is 0.604. The zero-order valence-corrected chi connectivity index (χ0v) is 22.5. The quantitative estimate of drug-likeness (QED) is 0.149. The molecule has 2 saturated heterocycles. The number of thiocarbonyl (C=S) groups is 1. The summed E-state index contributed by atoms with van der Waals surface area (Å²) in [6, 6.07) is 4.56. The molecule has 0 radical (unpaired) electrons. The maximum atomic E-state index is 13.9. The van der Waals surface area contributed by atoms with Crippen LogP contribution >= 0.6 is 23.8 Å². The molecular weight excluding hydrogens is 544 g/mol. The zero-order chi connectivity index (χ0) is 26.9. The number of rotatable bonds is 9. The first kappa shape index (κ1) is 27.6. The van der Waals surface area contributed by atoms with Crippen molar-refractivity contribution in [1.29, 1.82) is 0 Å². The molecule has 1 aromatic rings. The minimum absolute atomic E-state index is 0.110. The normalized spacial score (nSPS) is 24.1. The third kappa shape index (κ3) is 5.87. The molecule has 3 heterocycles. The van der Waals surface area contributed by atoms with Crippen LogP contribution in [0.5, 0.6) is 0 Å². The lowest BCUT2D eigenvalue weighted by Gasteiger charge is -2.32. The Morgan fingerprint density at radius 2 is 2.05 bits per heavy atom. The third-order valence-electron chi connectivity index (χ3n) is 5.99. The van der Waals surface area contributed by atoms with Crippen molar-refractivity contribution in [3.8, 4) is 0 Å². The van der Waals surface area contributed by atoms with Crippen LogP contribution in [0.2, 0.25) is 0 Å². The van der Waals surface area contributed by atoms with Gasteiger partial charge in [-0.1, -0.05) is 17.7 Å². The van der Waals surface area contributed by atoms with E-state index < -0.39 is 34.6 Å². The van der Waals surface area contributed by atoms with Gasteiger partial charge in [0.15, 0.2) is 11.4 Å². The standard InChI is InChI=1S/C23H27ClN4O7S2/c1-14(35-15(2)29)27-21(22(30)28(23(27)36)18-7-3-4-10-25-18)19-16(24)8-9-17-20(19)26(13-34-17)11-5-6-12-37(31,32)33/h3-4,7-10,14-15,20,29H,5-6,11-13H2,1-2H3,(H,31,32,33). The number of aromatic nitrogens is 1. The predicted molar refractivity (Wildman–Crippen MR) is 140 cm³/mol. The van der Waals surface area contributed by atoms with Crippen molar-refractivity contribution in [3.63, 3.8) is 0 Å². The predicted octanol–water partition coefficient (Wildman–Crippen LogP) is 2.32. The van der Waals surface area contributed by atoms with Crippen molar-refractivity contribution in [3.05, 3.63) is 58.6 Å². The van der Waals surface area contributed by atoms with E-state index in [0.29, 0.717) is 35.1 Å². The number of carbonyl (C=O) groups excluding carboxylic acids is 1. The first-order valence-corrected chi connectivity index (χ1v) is 13.9. The summed E-state index contributed by atoms with van der Waals surface area (Å²) in [6.07, 6.45) is 3.64. The number of halogens is 1. The number of amides is 1. The van der Waals surface area contributed by atoms with Gasteiger partial charge in [0, 0.05) is 23.3 Å². The Balaban J connectivity index is 1.76. The van der Waals surface area contributed by atoms with Crippen LogP contribution < -0.4 is 4.90 Å². The van der Waals surface area contributed by atoms with Gasteiger partial charge in [-0.3, -0.25) is 19.1 Å². The Morgan fingerprint density at radius 3 is 2.70 bits per heavy atom. The molecule has 2 fully saturated rings. The maximum Gasteiger partial charge on any atom is 0.283 e. The monoisotopic (exact) mass is 570 g/mol. The topological polar surface area (TPSA) is 133 Å². The summed E-state index contributed by atoms with van der Waals surface area (Å²) in [7, 11) is -4.06. The first-order valence-electron chi connectivity index (χ1n) is 11.6. The van der Waals surface area contributed by atoms with Crippen LogP contribution in [0.25, 0.3) is 0 Å². The van der Waals surface area contributed by atoms with Crippen molar-refractivity contribution >= 4 is 50.8 Å². The van der Waals surface area contributed by atoms with Crippen molar-refractivity contribution in [2.45, 2.75) is 45.2 Å². The number of hydrogen-bond donors (Lipinski definition) is 2. The second-order valence-electron chi connectivity index (χ2n) is 8.64. The van der Waals surface area contributed by atoms with E-state index in [2.05, 4.69) is 4.98 Å². The molecule has 0 aromatic carbocycles. The minimum atomic E-state index is -4.06. The molecule has 1 amide bonds. The summed E-state index contributed by atoms with van der Waals surface area (Å²) in [5, 5.41) is 10.3. The number of fused-ring (bicyclic) bond motifs is 1. The van der Waals surface area contributed by atoms with Gasteiger partial charge in [0.05, 0.1) is 11.8 Å². The lowest BCUT2D eigenvalue weighted by molar-refractivity contribution is -0.146. The second kappa shape index (κ2) is 11.2. The molecule has 3 aliphatic rings. The van der Waals surface area contributed by atoms with Crippen molar-refractivity contribution in [2.75, 3.05) is 23.9 Å². The summed E-state index contributed by atoms with van der Waals surface area (Å²) >= 11 is 12.4. The number of unbranched alkanes of at least 4 members (excludes halogenated alkanes) is 1. The Hall–Kier alpha value is -2.39. The van der Waals surface area contributed by atoms with Gasteiger partial charge >= 0.3 is 0 Å². The first-order chi connectivity index (χ1) is 17.5. The number of aliphatic hydroxyl groups excluding tert-OH is 1. The number of nitrogens with zero attached hydrogens (tertiary/aromatic N) is 4. The fraction of sp³-hybridized carbons (Fsp3) is 0.435. The summed E-state index contributed by atoms with van der Waals surface area (Å²) < 4.78 is 42.7. The highest BCUT2D eigenvalue weighted by atomic mass is 35.5. The number of aliphatic hydroxyl groups is 1. The smallest absolute Gasteiger partial charge is 0.283 e. The van der Waals surface area contributed by atoms with Crippen molar-refractivity contribution in [1.82, 2.24) is 14.8 Å². The molecule has 4 rings (SSSR count). The van der Waals surface area contributed by atoms with Crippen LogP contribution in [0.4, 0.5) is 5.82 Å². The highest BCUT2D eigenvalue weighted by molar-refractivity contribution is 7.85. The van der Waals surface area contributed by atoms with E-state index in [0.717, 1.165) is 0 Å². The number of allylic oxidation sites excluding steroid dienone is 2. The van der Waals surface area contributed by atoms with Crippen LogP contribution in [0, 0.1) is 0 Å². The van der Waals surface area contributed by atoms with Crippen molar-refractivity contribution in [2.24, 2.45) is 0 Å². The van der Waals surface area contributed by atoms with Gasteiger partial charge in [-0.05, 0) is 63.2 Å². The molecule has 2 N–H and O–H groups in total. The van der Waals surface area contributed by atoms with Gasteiger partial charge in [-0.25, -0.2) is 9.88 Å². The lowest BCUT2D eigenvalue weighted by atomic mass is 9.96. The van der Waals surface area contributed by atoms with Crippen molar-refractivity contribution < 1.29 is 32.3 Å². The number of hydrogen-bond acceptors (Lipinski definition) is 9. The van der Waals surface area contributed by atoms with Crippen LogP contribution in [0.15, 0.2) is 58.6 Å². The van der Waals surface area contributed by atoms with Gasteiger partial charge in [-0.15, -0.1) is 0 Å². The van der Waals surface area contributed by atoms with E-state index in [-0.39, 0.29) is 29.7 Å². The van der Waals surface area contributed by atoms with Crippen LogP contribution in [-0.2, 0) is 24.4 Å². The molecule has 11 nitrogen and oxygen atoms in total. The number of anilines is 1. The average Bonchev–Trinajstić information content (AvgIpc) is 3.34. The van der Waals surface area contributed by atoms with Gasteiger partial charge in [0.1, 0.15) is 30.2 Å². The minimum Gasteiger partial charge on any atom is -0.480 e. The van der Waals surface area contributed by atoms with E-state index in [4.69, 9.17) is 37.8 Å². The van der Waals surface area contributed by atoms with E-state index in [9.17, 15) is 18.3 Å². The summed E-state index contributed by atoms with van der Waals surface area (Å²) in [5.74, 6) is 0.0718. The van der Waals surface area contributed by atoms with Gasteiger partial charge < -0.3 is 14.6 Å². The lowest BCUT2D eigenvalue weighted by Crippen LogP contribution is -2.42. The molecule has 1 aliphatic carbocycles. The van der Waals surface area contributed by atoms with Crippen LogP contribution in [-0.4, -0.2) is 81.5 Å². The molecule has 0 bridgehead atoms. The van der Waals surface area contributed by atoms with Crippen LogP contribution in [0.3, 0.4) is 0 Å². The molecule has 0 spiro atoms. The van der Waals surface area contributed by atoms with E-state index in [1.165, 1.54) is 16.7 Å². The molecule has 200 valence electrons. The number of carbonyl (C=O) groups is 1. The third-order valence-corrected chi connectivity index (χ3v) is 7.50. The molecule has 37 heavy (non-hydrogen) atoms. The molecule has 2 aliphatic heterocycles. The Kier molecular flexibility index (Phi) is 8.33. The highest BCUT2D eigenvalue weighted by Crippen LogP contribution is 2.42. The molecule has 0 saturated carbocycles. The average molecular weight is 571 g/mol. The van der Waals surface area contributed by atoms with E-state index in [1.54, 1.807) is 43.5 Å². The Morgan fingerprint density at radius 1 is 1.30 bits per heavy atom. The maximum absolute atomic E-state index is 13.9. The Bertz CT molecular complexity index is 1270. The van der Waals surface area contributed by atoms with Gasteiger partial charge in [0.2, 0.25) is 0 Å². The van der Waals surface area contributed by atoms with E-state index in [1.807, 2.05) is 4.90 Å². The number of ether oxygens (including phenoxy) is 2. The SMILES string of the molecule is CC(O)OC(C)N1C(=S)N(c2ccccn2)C(=O)C1=C1C(Cl)=CC=C2OCN(CCCCS(=O)(=O)O)C21. The largest absolute Gasteiger partial charge is 0.480 e.